The monoisotopic (exact) mass is 513 g/mol. The van der Waals surface area contributed by atoms with Gasteiger partial charge in [0.25, 0.3) is 5.91 Å². The third kappa shape index (κ3) is 5.80. The van der Waals surface area contributed by atoms with Crippen LogP contribution in [0.3, 0.4) is 0 Å². The largest absolute Gasteiger partial charge is 0.378 e. The average Bonchev–Trinajstić information content (AvgIpc) is 3.48. The molecule has 0 aliphatic carbocycles. The first kappa shape index (κ1) is 27.1. The van der Waals surface area contributed by atoms with Crippen molar-refractivity contribution in [3.63, 3.8) is 0 Å². The Kier molecular flexibility index (Phi) is 8.49. The van der Waals surface area contributed by atoms with Gasteiger partial charge in [0.05, 0.1) is 31.8 Å². The first-order valence-corrected chi connectivity index (χ1v) is 13.3. The average molecular weight is 514 g/mol. The molecule has 1 aromatic rings. The highest BCUT2D eigenvalue weighted by atomic mass is 16.5. The number of hydrogen-bond donors (Lipinski definition) is 2. The predicted molar refractivity (Wildman–Crippen MR) is 139 cm³/mol. The van der Waals surface area contributed by atoms with Crippen LogP contribution in [0.2, 0.25) is 0 Å². The van der Waals surface area contributed by atoms with Gasteiger partial charge in [0.15, 0.2) is 5.78 Å². The van der Waals surface area contributed by atoms with Gasteiger partial charge in [-0.25, -0.2) is 0 Å². The first-order chi connectivity index (χ1) is 17.7. The number of hydrogen-bond acceptors (Lipinski definition) is 7. The van der Waals surface area contributed by atoms with Crippen LogP contribution in [0.5, 0.6) is 0 Å². The number of nitrogens with one attached hydrogen (secondary N) is 1. The quantitative estimate of drug-likeness (QED) is 0.526. The predicted octanol–water partition coefficient (Wildman–Crippen LogP) is 0.786. The second-order valence-corrected chi connectivity index (χ2v) is 10.6. The molecular weight excluding hydrogens is 474 g/mol. The second kappa shape index (κ2) is 11.6. The molecule has 0 spiro atoms. The van der Waals surface area contributed by atoms with Crippen molar-refractivity contribution in [2.45, 2.75) is 64.2 Å². The molecule has 4 unspecified atom stereocenters. The van der Waals surface area contributed by atoms with E-state index in [0.29, 0.717) is 44.6 Å². The maximum absolute atomic E-state index is 13.7. The van der Waals surface area contributed by atoms with Crippen molar-refractivity contribution in [1.82, 2.24) is 15.1 Å². The number of ether oxygens (including phenoxy) is 1. The number of Topliss-reactive ketones (excluding diaryl/α,β-unsaturated/α-hetero) is 1. The zero-order valence-corrected chi connectivity index (χ0v) is 22.0. The van der Waals surface area contributed by atoms with E-state index in [4.69, 9.17) is 10.5 Å². The summed E-state index contributed by atoms with van der Waals surface area (Å²) in [5, 5.41) is 2.92. The Labute approximate surface area is 218 Å². The lowest BCUT2D eigenvalue weighted by Crippen LogP contribution is -2.53. The van der Waals surface area contributed by atoms with Gasteiger partial charge in [-0.1, -0.05) is 20.8 Å². The summed E-state index contributed by atoms with van der Waals surface area (Å²) in [6.07, 6.45) is 1.46. The molecule has 4 atom stereocenters. The Bertz CT molecular complexity index is 1010. The third-order valence-corrected chi connectivity index (χ3v) is 7.56. The molecule has 0 bridgehead atoms. The molecule has 3 aliphatic heterocycles. The zero-order chi connectivity index (χ0) is 26.7. The van der Waals surface area contributed by atoms with Gasteiger partial charge in [-0.2, -0.15) is 0 Å². The van der Waals surface area contributed by atoms with Crippen molar-refractivity contribution in [2.24, 2.45) is 11.7 Å². The van der Waals surface area contributed by atoms with Crippen LogP contribution in [0.4, 0.5) is 5.69 Å². The molecule has 3 N–H and O–H groups in total. The van der Waals surface area contributed by atoms with Crippen molar-refractivity contribution >= 4 is 29.2 Å². The summed E-state index contributed by atoms with van der Waals surface area (Å²) in [4.78, 5) is 57.8. The summed E-state index contributed by atoms with van der Waals surface area (Å²) >= 11 is 0. The number of rotatable bonds is 8. The van der Waals surface area contributed by atoms with Crippen LogP contribution in [-0.4, -0.2) is 96.9 Å². The second-order valence-electron chi connectivity index (χ2n) is 10.6. The number of carbonyl (C=O) groups excluding carboxylic acids is 4. The highest BCUT2D eigenvalue weighted by Crippen LogP contribution is 2.31. The fourth-order valence-electron chi connectivity index (χ4n) is 5.53. The van der Waals surface area contributed by atoms with E-state index in [2.05, 4.69) is 10.2 Å². The summed E-state index contributed by atoms with van der Waals surface area (Å²) in [5.74, 6) is -0.851. The SMILES string of the molecule is CCC(N)C(=O)N1CC(=O)C2C1CCN2C(=O)C(CC(C)C)NC(=O)c1ccc(N2CCOCC2)cc1. The maximum Gasteiger partial charge on any atom is 0.251 e. The first-order valence-electron chi connectivity index (χ1n) is 13.3. The van der Waals surface area contributed by atoms with Gasteiger partial charge in [-0.3, -0.25) is 19.2 Å². The zero-order valence-electron chi connectivity index (χ0n) is 22.0. The van der Waals surface area contributed by atoms with Crippen molar-refractivity contribution < 1.29 is 23.9 Å². The van der Waals surface area contributed by atoms with E-state index in [9.17, 15) is 19.2 Å². The van der Waals surface area contributed by atoms with Crippen LogP contribution in [0.25, 0.3) is 0 Å². The molecule has 37 heavy (non-hydrogen) atoms. The summed E-state index contributed by atoms with van der Waals surface area (Å²) in [5.41, 5.74) is 7.44. The van der Waals surface area contributed by atoms with E-state index in [1.54, 1.807) is 21.9 Å². The number of amides is 3. The smallest absolute Gasteiger partial charge is 0.251 e. The van der Waals surface area contributed by atoms with Crippen LogP contribution >= 0.6 is 0 Å². The molecule has 3 heterocycles. The molecule has 3 aliphatic rings. The number of anilines is 1. The number of morpholine rings is 1. The van der Waals surface area contributed by atoms with Crippen molar-refractivity contribution in [1.29, 1.82) is 0 Å². The minimum atomic E-state index is -0.763. The summed E-state index contributed by atoms with van der Waals surface area (Å²) in [6.45, 7) is 9.12. The number of ketones is 1. The van der Waals surface area contributed by atoms with Gasteiger partial charge in [-0.05, 0) is 49.4 Å². The maximum atomic E-state index is 13.7. The molecule has 10 heteroatoms. The molecule has 4 rings (SSSR count). The Morgan fingerprint density at radius 1 is 1.05 bits per heavy atom. The van der Waals surface area contributed by atoms with Crippen molar-refractivity contribution in [3.8, 4) is 0 Å². The standard InChI is InChI=1S/C27H39N5O5/c1-4-20(28)26(35)32-16-23(33)24-22(32)9-10-31(24)27(36)21(15-17(2)3)29-25(34)18-5-7-19(8-6-18)30-11-13-37-14-12-30/h5-8,17,20-22,24H,4,9-16,28H2,1-3H3,(H,29,34). The molecule has 0 aromatic heterocycles. The van der Waals surface area contributed by atoms with E-state index in [1.807, 2.05) is 32.9 Å². The molecule has 1 aromatic carbocycles. The molecule has 0 saturated carbocycles. The lowest BCUT2D eigenvalue weighted by molar-refractivity contribution is -0.138. The van der Waals surface area contributed by atoms with E-state index >= 15 is 0 Å². The Hall–Kier alpha value is -2.98. The molecule has 10 nitrogen and oxygen atoms in total. The summed E-state index contributed by atoms with van der Waals surface area (Å²) in [6, 6.07) is 4.90. The molecule has 202 valence electrons. The Balaban J connectivity index is 1.45. The minimum Gasteiger partial charge on any atom is -0.378 e. The Morgan fingerprint density at radius 2 is 1.73 bits per heavy atom. The van der Waals surface area contributed by atoms with Gasteiger partial charge in [0.2, 0.25) is 11.8 Å². The van der Waals surface area contributed by atoms with Crippen molar-refractivity contribution in [2.75, 3.05) is 44.3 Å². The van der Waals surface area contributed by atoms with Crippen LogP contribution in [0, 0.1) is 5.92 Å². The normalized spacial score (nSPS) is 23.3. The highest BCUT2D eigenvalue weighted by molar-refractivity contribution is 6.01. The molecule has 3 amide bonds. The van der Waals surface area contributed by atoms with Crippen LogP contribution in [-0.2, 0) is 19.1 Å². The summed E-state index contributed by atoms with van der Waals surface area (Å²) in [7, 11) is 0. The number of likely N-dealkylation sites (tertiary alicyclic amines) is 2. The lowest BCUT2D eigenvalue weighted by atomic mass is 10.0. The van der Waals surface area contributed by atoms with Crippen LogP contribution in [0.1, 0.15) is 50.4 Å². The lowest BCUT2D eigenvalue weighted by Gasteiger charge is -2.30. The summed E-state index contributed by atoms with van der Waals surface area (Å²) < 4.78 is 5.40. The van der Waals surface area contributed by atoms with Gasteiger partial charge in [0, 0.05) is 30.9 Å². The van der Waals surface area contributed by atoms with E-state index in [-0.39, 0.29) is 42.0 Å². The Morgan fingerprint density at radius 3 is 2.35 bits per heavy atom. The number of carbonyl (C=O) groups is 4. The van der Waals surface area contributed by atoms with Crippen LogP contribution in [0.15, 0.2) is 24.3 Å². The highest BCUT2D eigenvalue weighted by Gasteiger charge is 2.52. The fraction of sp³-hybridized carbons (Fsp3) is 0.630. The van der Waals surface area contributed by atoms with Gasteiger partial charge < -0.3 is 30.5 Å². The molecule has 3 saturated heterocycles. The third-order valence-electron chi connectivity index (χ3n) is 7.56. The molecule has 3 fully saturated rings. The number of benzene rings is 1. The molecule has 0 radical (unpaired) electrons. The topological polar surface area (TPSA) is 125 Å². The van der Waals surface area contributed by atoms with E-state index < -0.39 is 18.1 Å². The van der Waals surface area contributed by atoms with E-state index in [1.165, 1.54) is 0 Å². The molecular formula is C27H39N5O5. The fourth-order valence-corrected chi connectivity index (χ4v) is 5.53. The van der Waals surface area contributed by atoms with Crippen LogP contribution < -0.4 is 16.0 Å². The number of nitrogens with zero attached hydrogens (tertiary/aromatic N) is 3. The van der Waals surface area contributed by atoms with Gasteiger partial charge >= 0.3 is 0 Å². The number of fused-ring (bicyclic) bond motifs is 1. The van der Waals surface area contributed by atoms with Gasteiger partial charge in [0.1, 0.15) is 12.1 Å². The van der Waals surface area contributed by atoms with Gasteiger partial charge in [-0.15, -0.1) is 0 Å². The number of nitrogens with two attached hydrogens (primary N) is 1. The van der Waals surface area contributed by atoms with Crippen molar-refractivity contribution in [3.05, 3.63) is 29.8 Å². The minimum absolute atomic E-state index is 0.0255. The van der Waals surface area contributed by atoms with E-state index in [0.717, 1.165) is 18.8 Å².